The summed E-state index contributed by atoms with van der Waals surface area (Å²) in [7, 11) is 0. The molecule has 1 saturated carbocycles. The largest absolute Gasteiger partial charge is 0.395 e. The summed E-state index contributed by atoms with van der Waals surface area (Å²) in [6.07, 6.45) is 4.37. The Kier molecular flexibility index (Phi) is 3.20. The Hall–Kier alpha value is -1.17. The zero-order valence-corrected chi connectivity index (χ0v) is 11.1. The molecule has 0 atom stereocenters. The van der Waals surface area contributed by atoms with Gasteiger partial charge in [0.05, 0.1) is 11.4 Å². The highest BCUT2D eigenvalue weighted by molar-refractivity contribution is 7.99. The van der Waals surface area contributed by atoms with Crippen LogP contribution < -0.4 is 11.1 Å². The molecule has 1 aromatic rings. The molecule has 0 spiro atoms. The van der Waals surface area contributed by atoms with E-state index in [0.717, 1.165) is 42.9 Å². The molecule has 1 aliphatic heterocycles. The topological polar surface area (TPSA) is 83.8 Å². The zero-order valence-electron chi connectivity index (χ0n) is 10.2. The SMILES string of the molecule is Nc1c(C(=O)NC2CCSCC2)n[nH]c1C1CC1. The van der Waals surface area contributed by atoms with Gasteiger partial charge in [0.15, 0.2) is 5.69 Å². The summed E-state index contributed by atoms with van der Waals surface area (Å²) in [4.78, 5) is 12.1. The van der Waals surface area contributed by atoms with Crippen molar-refractivity contribution >= 4 is 23.4 Å². The first-order chi connectivity index (χ1) is 8.75. The van der Waals surface area contributed by atoms with Crippen molar-refractivity contribution in [3.05, 3.63) is 11.4 Å². The molecule has 1 amide bonds. The molecule has 4 N–H and O–H groups in total. The maximum absolute atomic E-state index is 12.1. The number of nitrogens with zero attached hydrogens (tertiary/aromatic N) is 1. The highest BCUT2D eigenvalue weighted by Crippen LogP contribution is 2.42. The van der Waals surface area contributed by atoms with E-state index in [1.54, 1.807) is 0 Å². The predicted octanol–water partition coefficient (Wildman–Crippen LogP) is 1.49. The Morgan fingerprint density at radius 1 is 1.33 bits per heavy atom. The predicted molar refractivity (Wildman–Crippen MR) is 72.8 cm³/mol. The van der Waals surface area contributed by atoms with E-state index in [2.05, 4.69) is 15.5 Å². The third-order valence-corrected chi connectivity index (χ3v) is 4.64. The molecular weight excluding hydrogens is 248 g/mol. The minimum atomic E-state index is -0.132. The molecule has 1 aromatic heterocycles. The zero-order chi connectivity index (χ0) is 12.5. The van der Waals surface area contributed by atoms with E-state index in [4.69, 9.17) is 5.73 Å². The van der Waals surface area contributed by atoms with Crippen molar-refractivity contribution in [2.24, 2.45) is 0 Å². The monoisotopic (exact) mass is 266 g/mol. The van der Waals surface area contributed by atoms with E-state index >= 15 is 0 Å². The van der Waals surface area contributed by atoms with Crippen LogP contribution in [0.4, 0.5) is 5.69 Å². The number of nitrogens with two attached hydrogens (primary N) is 1. The molecule has 6 heteroatoms. The number of hydrogen-bond donors (Lipinski definition) is 3. The maximum atomic E-state index is 12.1. The van der Waals surface area contributed by atoms with Crippen LogP contribution in [-0.4, -0.2) is 33.7 Å². The fraction of sp³-hybridized carbons (Fsp3) is 0.667. The Balaban J connectivity index is 1.67. The van der Waals surface area contributed by atoms with Gasteiger partial charge in [-0.25, -0.2) is 0 Å². The van der Waals surface area contributed by atoms with Crippen LogP contribution in [0.25, 0.3) is 0 Å². The van der Waals surface area contributed by atoms with E-state index < -0.39 is 0 Å². The van der Waals surface area contributed by atoms with E-state index in [-0.39, 0.29) is 11.9 Å². The number of amides is 1. The van der Waals surface area contributed by atoms with Gasteiger partial charge in [-0.3, -0.25) is 9.89 Å². The van der Waals surface area contributed by atoms with Crippen molar-refractivity contribution < 1.29 is 4.79 Å². The molecule has 98 valence electrons. The van der Waals surface area contributed by atoms with Crippen molar-refractivity contribution in [3.63, 3.8) is 0 Å². The van der Waals surface area contributed by atoms with Crippen LogP contribution in [-0.2, 0) is 0 Å². The van der Waals surface area contributed by atoms with Crippen molar-refractivity contribution in [3.8, 4) is 0 Å². The summed E-state index contributed by atoms with van der Waals surface area (Å²) in [5.74, 6) is 2.60. The number of anilines is 1. The smallest absolute Gasteiger partial charge is 0.274 e. The highest BCUT2D eigenvalue weighted by atomic mass is 32.2. The minimum absolute atomic E-state index is 0.132. The molecule has 0 bridgehead atoms. The molecule has 2 fully saturated rings. The molecule has 1 aliphatic carbocycles. The van der Waals surface area contributed by atoms with E-state index in [9.17, 15) is 4.79 Å². The van der Waals surface area contributed by atoms with Gasteiger partial charge in [0.25, 0.3) is 5.91 Å². The second kappa shape index (κ2) is 4.84. The Morgan fingerprint density at radius 2 is 2.06 bits per heavy atom. The Bertz CT molecular complexity index is 449. The summed E-state index contributed by atoms with van der Waals surface area (Å²) < 4.78 is 0. The minimum Gasteiger partial charge on any atom is -0.395 e. The molecule has 0 unspecified atom stereocenters. The average molecular weight is 266 g/mol. The Labute approximate surface area is 110 Å². The molecule has 5 nitrogen and oxygen atoms in total. The number of nitrogens with one attached hydrogen (secondary N) is 2. The highest BCUT2D eigenvalue weighted by Gasteiger charge is 2.30. The van der Waals surface area contributed by atoms with Crippen LogP contribution in [0.3, 0.4) is 0 Å². The third-order valence-electron chi connectivity index (χ3n) is 3.59. The van der Waals surface area contributed by atoms with E-state index in [1.807, 2.05) is 11.8 Å². The summed E-state index contributed by atoms with van der Waals surface area (Å²) in [6, 6.07) is 0.277. The van der Waals surface area contributed by atoms with Gasteiger partial charge in [0.2, 0.25) is 0 Å². The number of hydrogen-bond acceptors (Lipinski definition) is 4. The summed E-state index contributed by atoms with van der Waals surface area (Å²) in [6.45, 7) is 0. The lowest BCUT2D eigenvalue weighted by Gasteiger charge is -2.22. The Morgan fingerprint density at radius 3 is 2.72 bits per heavy atom. The number of aromatic amines is 1. The average Bonchev–Trinajstić information content (AvgIpc) is 3.14. The summed E-state index contributed by atoms with van der Waals surface area (Å²) in [5, 5.41) is 10.0. The molecule has 1 saturated heterocycles. The van der Waals surface area contributed by atoms with Gasteiger partial charge in [0, 0.05) is 12.0 Å². The van der Waals surface area contributed by atoms with Crippen LogP contribution >= 0.6 is 11.8 Å². The van der Waals surface area contributed by atoms with Crippen molar-refractivity contribution in [1.82, 2.24) is 15.5 Å². The second-order valence-electron chi connectivity index (χ2n) is 5.03. The van der Waals surface area contributed by atoms with Gasteiger partial charge in [-0.15, -0.1) is 0 Å². The summed E-state index contributed by atoms with van der Waals surface area (Å²) >= 11 is 1.94. The third kappa shape index (κ3) is 2.34. The second-order valence-corrected chi connectivity index (χ2v) is 6.26. The van der Waals surface area contributed by atoms with Gasteiger partial charge in [-0.05, 0) is 37.2 Å². The van der Waals surface area contributed by atoms with Gasteiger partial charge in [0.1, 0.15) is 0 Å². The van der Waals surface area contributed by atoms with Gasteiger partial charge in [-0.1, -0.05) is 0 Å². The van der Waals surface area contributed by atoms with E-state index in [0.29, 0.717) is 17.3 Å². The summed E-state index contributed by atoms with van der Waals surface area (Å²) in [5.41, 5.74) is 7.85. The van der Waals surface area contributed by atoms with Crippen LogP contribution in [0.15, 0.2) is 0 Å². The van der Waals surface area contributed by atoms with Crippen molar-refractivity contribution in [1.29, 1.82) is 0 Å². The number of aromatic nitrogens is 2. The van der Waals surface area contributed by atoms with Crippen molar-refractivity contribution in [2.45, 2.75) is 37.6 Å². The first-order valence-electron chi connectivity index (χ1n) is 6.48. The first-order valence-corrected chi connectivity index (χ1v) is 7.63. The molecule has 3 rings (SSSR count). The molecule has 2 heterocycles. The fourth-order valence-electron chi connectivity index (χ4n) is 2.32. The molecule has 18 heavy (non-hydrogen) atoms. The number of carbonyl (C=O) groups excluding carboxylic acids is 1. The van der Waals surface area contributed by atoms with Gasteiger partial charge >= 0.3 is 0 Å². The molecule has 2 aliphatic rings. The fourth-order valence-corrected chi connectivity index (χ4v) is 3.42. The molecular formula is C12H18N4OS. The van der Waals surface area contributed by atoms with E-state index in [1.165, 1.54) is 0 Å². The van der Waals surface area contributed by atoms with Gasteiger partial charge in [-0.2, -0.15) is 16.9 Å². The van der Waals surface area contributed by atoms with Crippen LogP contribution in [0, 0.1) is 0 Å². The lowest BCUT2D eigenvalue weighted by Crippen LogP contribution is -2.37. The van der Waals surface area contributed by atoms with Crippen LogP contribution in [0.5, 0.6) is 0 Å². The van der Waals surface area contributed by atoms with Crippen LogP contribution in [0.1, 0.15) is 47.8 Å². The molecule has 0 radical (unpaired) electrons. The number of nitrogen functional groups attached to an aromatic ring is 1. The lowest BCUT2D eigenvalue weighted by atomic mass is 10.1. The number of carbonyl (C=O) groups is 1. The lowest BCUT2D eigenvalue weighted by molar-refractivity contribution is 0.0930. The number of thioether (sulfide) groups is 1. The maximum Gasteiger partial charge on any atom is 0.274 e. The molecule has 0 aromatic carbocycles. The normalized spacial score (nSPS) is 20.9. The quantitative estimate of drug-likeness (QED) is 0.774. The van der Waals surface area contributed by atoms with Crippen LogP contribution in [0.2, 0.25) is 0 Å². The standard InChI is InChI=1S/C12H18N4OS/c13-9-10(7-1-2-7)15-16-11(9)12(17)14-8-3-5-18-6-4-8/h7-8H,1-6,13H2,(H,14,17)(H,15,16). The van der Waals surface area contributed by atoms with Crippen molar-refractivity contribution in [2.75, 3.05) is 17.2 Å². The van der Waals surface area contributed by atoms with Gasteiger partial charge < -0.3 is 11.1 Å². The first kappa shape index (κ1) is 11.9. The number of rotatable bonds is 3. The number of H-pyrrole nitrogens is 1.